The lowest BCUT2D eigenvalue weighted by molar-refractivity contribution is 0.299. The highest BCUT2D eigenvalue weighted by Crippen LogP contribution is 2.20. The molecule has 0 spiro atoms. The second kappa shape index (κ2) is 5.46. The predicted molar refractivity (Wildman–Crippen MR) is 66.3 cm³/mol. The minimum absolute atomic E-state index is 0.140. The molecule has 88 valence electrons. The predicted octanol–water partition coefficient (Wildman–Crippen LogP) is 2.72. The van der Waals surface area contributed by atoms with Gasteiger partial charge in [0.1, 0.15) is 5.75 Å². The Kier molecular flexibility index (Phi) is 3.73. The van der Waals surface area contributed by atoms with Crippen molar-refractivity contribution in [2.24, 2.45) is 0 Å². The lowest BCUT2D eigenvalue weighted by Crippen LogP contribution is -1.97. The molecule has 0 atom stereocenters. The van der Waals surface area contributed by atoms with Crippen LogP contribution in [0.4, 0.5) is 0 Å². The summed E-state index contributed by atoms with van der Waals surface area (Å²) >= 11 is 0. The second-order valence-corrected chi connectivity index (χ2v) is 3.84. The van der Waals surface area contributed by atoms with Gasteiger partial charge in [0.2, 0.25) is 5.88 Å². The molecule has 3 heteroatoms. The van der Waals surface area contributed by atoms with Crippen LogP contribution in [-0.4, -0.2) is 16.7 Å². The number of aliphatic hydroxyl groups is 1. The summed E-state index contributed by atoms with van der Waals surface area (Å²) in [6, 6.07) is 11.4. The van der Waals surface area contributed by atoms with E-state index >= 15 is 0 Å². The van der Waals surface area contributed by atoms with Crippen molar-refractivity contribution in [2.75, 3.05) is 6.61 Å². The first-order valence-corrected chi connectivity index (χ1v) is 5.59. The van der Waals surface area contributed by atoms with Crippen LogP contribution in [0.3, 0.4) is 0 Å². The number of hydrogen-bond donors (Lipinski definition) is 1. The van der Waals surface area contributed by atoms with Gasteiger partial charge < -0.3 is 9.84 Å². The van der Waals surface area contributed by atoms with E-state index in [1.165, 1.54) is 0 Å². The maximum atomic E-state index is 8.89. The van der Waals surface area contributed by atoms with Gasteiger partial charge in [-0.05, 0) is 36.6 Å². The number of benzene rings is 1. The number of pyridine rings is 1. The second-order valence-electron chi connectivity index (χ2n) is 3.84. The van der Waals surface area contributed by atoms with Gasteiger partial charge in [-0.25, -0.2) is 4.98 Å². The molecule has 1 aromatic carbocycles. The molecule has 0 saturated carbocycles. The fourth-order valence-corrected chi connectivity index (χ4v) is 1.61. The fourth-order valence-electron chi connectivity index (χ4n) is 1.61. The van der Waals surface area contributed by atoms with Gasteiger partial charge in [-0.15, -0.1) is 0 Å². The fraction of sp³-hybridized carbons (Fsp3) is 0.214. The summed E-state index contributed by atoms with van der Waals surface area (Å²) in [6.07, 6.45) is 2.38. The Bertz CT molecular complexity index is 483. The highest BCUT2D eigenvalue weighted by atomic mass is 16.5. The quantitative estimate of drug-likeness (QED) is 0.876. The molecule has 2 aromatic rings. The number of para-hydroxylation sites is 1. The zero-order valence-corrected chi connectivity index (χ0v) is 9.76. The molecule has 0 aliphatic heterocycles. The lowest BCUT2D eigenvalue weighted by atomic mass is 10.1. The van der Waals surface area contributed by atoms with Crippen LogP contribution >= 0.6 is 0 Å². The van der Waals surface area contributed by atoms with E-state index < -0.39 is 0 Å². The van der Waals surface area contributed by atoms with Crippen molar-refractivity contribution >= 4 is 0 Å². The monoisotopic (exact) mass is 229 g/mol. The largest absolute Gasteiger partial charge is 0.439 e. The first kappa shape index (κ1) is 11.6. The molecule has 0 saturated heterocycles. The Hall–Kier alpha value is -1.87. The average molecular weight is 229 g/mol. The minimum Gasteiger partial charge on any atom is -0.439 e. The van der Waals surface area contributed by atoms with E-state index in [0.717, 1.165) is 16.9 Å². The van der Waals surface area contributed by atoms with Crippen LogP contribution in [0.5, 0.6) is 11.6 Å². The van der Waals surface area contributed by atoms with Crippen molar-refractivity contribution in [1.29, 1.82) is 0 Å². The van der Waals surface area contributed by atoms with Crippen LogP contribution in [0.25, 0.3) is 0 Å². The normalized spacial score (nSPS) is 10.2. The number of nitrogens with zero attached hydrogens (tertiary/aromatic N) is 1. The highest BCUT2D eigenvalue weighted by Gasteiger charge is 2.02. The van der Waals surface area contributed by atoms with Crippen LogP contribution in [0.2, 0.25) is 0 Å². The van der Waals surface area contributed by atoms with Crippen LogP contribution in [0.15, 0.2) is 42.6 Å². The zero-order chi connectivity index (χ0) is 12.1. The third-order valence-electron chi connectivity index (χ3n) is 2.54. The number of aryl methyl sites for hydroxylation is 1. The van der Waals surface area contributed by atoms with Crippen LogP contribution in [0, 0.1) is 6.92 Å². The third kappa shape index (κ3) is 3.04. The van der Waals surface area contributed by atoms with Crippen LogP contribution < -0.4 is 4.74 Å². The molecule has 3 nitrogen and oxygen atoms in total. The summed E-state index contributed by atoms with van der Waals surface area (Å²) in [7, 11) is 0. The summed E-state index contributed by atoms with van der Waals surface area (Å²) in [5, 5.41) is 8.89. The van der Waals surface area contributed by atoms with Gasteiger partial charge in [0.15, 0.2) is 0 Å². The summed E-state index contributed by atoms with van der Waals surface area (Å²) in [5.74, 6) is 1.35. The van der Waals surface area contributed by atoms with Gasteiger partial charge in [0.05, 0.1) is 0 Å². The highest BCUT2D eigenvalue weighted by molar-refractivity contribution is 5.32. The minimum atomic E-state index is 0.140. The summed E-state index contributed by atoms with van der Waals surface area (Å²) in [5.41, 5.74) is 2.13. The molecular weight excluding hydrogens is 214 g/mol. The smallest absolute Gasteiger partial charge is 0.219 e. The maximum Gasteiger partial charge on any atom is 0.219 e. The van der Waals surface area contributed by atoms with Crippen molar-refractivity contribution in [3.63, 3.8) is 0 Å². The Labute approximate surface area is 101 Å². The summed E-state index contributed by atoms with van der Waals surface area (Å²) in [6.45, 7) is 2.13. The molecule has 1 N–H and O–H groups in total. The Morgan fingerprint density at radius 3 is 2.65 bits per heavy atom. The number of rotatable bonds is 4. The van der Waals surface area contributed by atoms with E-state index in [1.54, 1.807) is 6.20 Å². The Morgan fingerprint density at radius 1 is 1.24 bits per heavy atom. The SMILES string of the molecule is Cc1cc(Oc2ccccc2)ncc1CCO. The number of hydrogen-bond acceptors (Lipinski definition) is 3. The molecule has 0 unspecified atom stereocenters. The molecule has 0 radical (unpaired) electrons. The molecule has 0 aliphatic carbocycles. The van der Waals surface area contributed by atoms with E-state index in [0.29, 0.717) is 12.3 Å². The average Bonchev–Trinajstić information content (AvgIpc) is 2.34. The Morgan fingerprint density at radius 2 is 2.00 bits per heavy atom. The van der Waals surface area contributed by atoms with Crippen molar-refractivity contribution < 1.29 is 9.84 Å². The third-order valence-corrected chi connectivity index (χ3v) is 2.54. The molecule has 0 amide bonds. The van der Waals surface area contributed by atoms with E-state index in [9.17, 15) is 0 Å². The van der Waals surface area contributed by atoms with Crippen molar-refractivity contribution in [1.82, 2.24) is 4.98 Å². The van der Waals surface area contributed by atoms with Gasteiger partial charge >= 0.3 is 0 Å². The van der Waals surface area contributed by atoms with E-state index in [4.69, 9.17) is 9.84 Å². The number of aromatic nitrogens is 1. The zero-order valence-electron chi connectivity index (χ0n) is 9.76. The molecule has 0 fully saturated rings. The van der Waals surface area contributed by atoms with Gasteiger partial charge in [0, 0.05) is 18.9 Å². The molecule has 0 bridgehead atoms. The molecule has 1 aromatic heterocycles. The van der Waals surface area contributed by atoms with Crippen molar-refractivity contribution in [3.8, 4) is 11.6 Å². The summed E-state index contributed by atoms with van der Waals surface area (Å²) in [4.78, 5) is 4.22. The lowest BCUT2D eigenvalue weighted by Gasteiger charge is -2.07. The first-order chi connectivity index (χ1) is 8.29. The molecule has 0 aliphatic rings. The first-order valence-electron chi connectivity index (χ1n) is 5.59. The van der Waals surface area contributed by atoms with Gasteiger partial charge in [-0.3, -0.25) is 0 Å². The molecular formula is C14H15NO2. The topological polar surface area (TPSA) is 42.4 Å². The molecule has 1 heterocycles. The van der Waals surface area contributed by atoms with Crippen LogP contribution in [-0.2, 0) is 6.42 Å². The van der Waals surface area contributed by atoms with Crippen molar-refractivity contribution in [3.05, 3.63) is 53.7 Å². The number of ether oxygens (including phenoxy) is 1. The van der Waals surface area contributed by atoms with E-state index in [1.807, 2.05) is 43.3 Å². The van der Waals surface area contributed by atoms with Crippen LogP contribution in [0.1, 0.15) is 11.1 Å². The maximum absolute atomic E-state index is 8.89. The van der Waals surface area contributed by atoms with E-state index in [2.05, 4.69) is 4.98 Å². The molecule has 17 heavy (non-hydrogen) atoms. The van der Waals surface area contributed by atoms with Gasteiger partial charge in [0.25, 0.3) is 0 Å². The standard InChI is InChI=1S/C14H15NO2/c1-11-9-14(15-10-12(11)7-8-16)17-13-5-3-2-4-6-13/h2-6,9-10,16H,7-8H2,1H3. The van der Waals surface area contributed by atoms with Gasteiger partial charge in [-0.1, -0.05) is 18.2 Å². The number of aliphatic hydroxyl groups excluding tert-OH is 1. The van der Waals surface area contributed by atoms with E-state index in [-0.39, 0.29) is 6.61 Å². The van der Waals surface area contributed by atoms with Crippen molar-refractivity contribution in [2.45, 2.75) is 13.3 Å². The summed E-state index contributed by atoms with van der Waals surface area (Å²) < 4.78 is 5.62. The van der Waals surface area contributed by atoms with Gasteiger partial charge in [-0.2, -0.15) is 0 Å². The molecule has 2 rings (SSSR count). The Balaban J connectivity index is 2.15.